The van der Waals surface area contributed by atoms with E-state index in [9.17, 15) is 14.3 Å². The van der Waals surface area contributed by atoms with E-state index in [1.165, 1.54) is 18.3 Å². The monoisotopic (exact) mass is 375 g/mol. The van der Waals surface area contributed by atoms with Crippen molar-refractivity contribution in [2.24, 2.45) is 5.10 Å². The first kappa shape index (κ1) is 17.7. The molecule has 0 aliphatic carbocycles. The van der Waals surface area contributed by atoms with Crippen LogP contribution in [-0.2, 0) is 13.1 Å². The number of nitrogens with one attached hydrogen (secondary N) is 1. The van der Waals surface area contributed by atoms with Crippen LogP contribution in [0.15, 0.2) is 71.8 Å². The molecule has 2 N–H and O–H groups in total. The molecule has 140 valence electrons. The van der Waals surface area contributed by atoms with Crippen molar-refractivity contribution >= 4 is 17.8 Å². The lowest BCUT2D eigenvalue weighted by Crippen LogP contribution is -2.17. The number of hydrogen-bond donors (Lipinski definition) is 2. The van der Waals surface area contributed by atoms with Crippen LogP contribution in [0, 0.1) is 5.82 Å². The summed E-state index contributed by atoms with van der Waals surface area (Å²) >= 11 is 0. The van der Waals surface area contributed by atoms with E-state index in [0.29, 0.717) is 12.1 Å². The number of phenolic OH excluding ortho intramolecular Hbond substituents is 1. The maximum atomic E-state index is 13.1. The zero-order valence-electron chi connectivity index (χ0n) is 15.0. The van der Waals surface area contributed by atoms with Crippen LogP contribution in [0.1, 0.15) is 27.0 Å². The van der Waals surface area contributed by atoms with E-state index in [4.69, 9.17) is 0 Å². The van der Waals surface area contributed by atoms with Crippen molar-refractivity contribution < 1.29 is 14.3 Å². The lowest BCUT2D eigenvalue weighted by atomic mass is 10.1. The predicted octanol–water partition coefficient (Wildman–Crippen LogP) is 3.82. The molecular weight excluding hydrogens is 357 g/mol. The molecule has 0 fully saturated rings. The van der Waals surface area contributed by atoms with E-state index in [2.05, 4.69) is 15.4 Å². The zero-order chi connectivity index (χ0) is 19.5. The van der Waals surface area contributed by atoms with Crippen LogP contribution in [0.4, 0.5) is 10.1 Å². The third-order valence-corrected chi connectivity index (χ3v) is 4.66. The highest BCUT2D eigenvalue weighted by molar-refractivity contribution is 5.95. The van der Waals surface area contributed by atoms with Crippen LogP contribution in [0.5, 0.6) is 5.75 Å². The number of anilines is 1. The topological polar surface area (TPSA) is 64.9 Å². The highest BCUT2D eigenvalue weighted by atomic mass is 19.1. The van der Waals surface area contributed by atoms with Gasteiger partial charge in [0, 0.05) is 24.3 Å². The average Bonchev–Trinajstić information content (AvgIpc) is 3.13. The Hall–Kier alpha value is -3.67. The molecule has 0 radical (unpaired) electrons. The third kappa shape index (κ3) is 3.86. The van der Waals surface area contributed by atoms with Crippen molar-refractivity contribution in [3.8, 4) is 5.75 Å². The molecule has 0 atom stereocenters. The molecule has 3 aromatic carbocycles. The molecule has 0 saturated carbocycles. The number of hydrazone groups is 1. The highest BCUT2D eigenvalue weighted by Crippen LogP contribution is 2.29. The fourth-order valence-corrected chi connectivity index (χ4v) is 3.16. The van der Waals surface area contributed by atoms with Gasteiger partial charge in [-0.2, -0.15) is 5.10 Å². The molecule has 0 unspecified atom stereocenters. The van der Waals surface area contributed by atoms with Crippen molar-refractivity contribution in [1.82, 2.24) is 5.43 Å². The van der Waals surface area contributed by atoms with Gasteiger partial charge in [-0.25, -0.2) is 9.82 Å². The minimum Gasteiger partial charge on any atom is -0.508 e. The van der Waals surface area contributed by atoms with Crippen LogP contribution >= 0.6 is 0 Å². The van der Waals surface area contributed by atoms with Crippen LogP contribution < -0.4 is 10.3 Å². The van der Waals surface area contributed by atoms with E-state index in [-0.39, 0.29) is 17.5 Å². The number of carbonyl (C=O) groups excluding carboxylic acids is 1. The van der Waals surface area contributed by atoms with Gasteiger partial charge >= 0.3 is 0 Å². The van der Waals surface area contributed by atoms with E-state index in [1.54, 1.807) is 42.5 Å². The van der Waals surface area contributed by atoms with Crippen molar-refractivity contribution in [3.05, 3.63) is 94.8 Å². The lowest BCUT2D eigenvalue weighted by Gasteiger charge is -2.17. The lowest BCUT2D eigenvalue weighted by molar-refractivity contribution is 0.0955. The third-order valence-electron chi connectivity index (χ3n) is 4.66. The number of rotatable bonds is 4. The Labute approximate surface area is 161 Å². The smallest absolute Gasteiger partial charge is 0.271 e. The van der Waals surface area contributed by atoms with Gasteiger partial charge in [0.2, 0.25) is 0 Å². The Morgan fingerprint density at radius 3 is 2.46 bits per heavy atom. The number of halogens is 1. The molecule has 6 heteroatoms. The molecule has 1 heterocycles. The molecule has 1 aliphatic heterocycles. The van der Waals surface area contributed by atoms with Crippen molar-refractivity contribution in [2.75, 3.05) is 4.90 Å². The molecule has 4 rings (SSSR count). The van der Waals surface area contributed by atoms with E-state index in [1.807, 2.05) is 12.1 Å². The SMILES string of the molecule is O=C(N/N=C/c1ccc(O)cc1)c1ccc2c(c1)CN(c1ccc(F)cc1)C2. The second-order valence-electron chi connectivity index (χ2n) is 6.61. The molecule has 3 aromatic rings. The van der Waals surface area contributed by atoms with E-state index < -0.39 is 0 Å². The maximum Gasteiger partial charge on any atom is 0.271 e. The molecule has 5 nitrogen and oxygen atoms in total. The van der Waals surface area contributed by atoms with Gasteiger partial charge in [0.1, 0.15) is 11.6 Å². The summed E-state index contributed by atoms with van der Waals surface area (Å²) in [6.45, 7) is 1.39. The van der Waals surface area contributed by atoms with Crippen LogP contribution in [0.2, 0.25) is 0 Å². The average molecular weight is 375 g/mol. The molecular formula is C22H18FN3O2. The van der Waals surface area contributed by atoms with Gasteiger partial charge in [-0.1, -0.05) is 6.07 Å². The van der Waals surface area contributed by atoms with Crippen LogP contribution in [-0.4, -0.2) is 17.2 Å². The second kappa shape index (κ2) is 7.52. The number of carbonyl (C=O) groups is 1. The number of fused-ring (bicyclic) bond motifs is 1. The number of nitrogens with zero attached hydrogens (tertiary/aromatic N) is 2. The molecule has 0 aromatic heterocycles. The zero-order valence-corrected chi connectivity index (χ0v) is 15.0. The molecule has 0 spiro atoms. The highest BCUT2D eigenvalue weighted by Gasteiger charge is 2.20. The van der Waals surface area contributed by atoms with E-state index in [0.717, 1.165) is 28.9 Å². The Morgan fingerprint density at radius 1 is 1.00 bits per heavy atom. The summed E-state index contributed by atoms with van der Waals surface area (Å²) in [5.74, 6) is -0.376. The summed E-state index contributed by atoms with van der Waals surface area (Å²) in [5.41, 5.74) is 6.97. The fraction of sp³-hybridized carbons (Fsp3) is 0.0909. The Kier molecular flexibility index (Phi) is 4.76. The normalized spacial score (nSPS) is 13.0. The van der Waals surface area contributed by atoms with Gasteiger partial charge in [-0.15, -0.1) is 0 Å². The Balaban J connectivity index is 1.42. The summed E-state index contributed by atoms with van der Waals surface area (Å²) < 4.78 is 13.1. The van der Waals surface area contributed by atoms with Crippen molar-refractivity contribution in [3.63, 3.8) is 0 Å². The molecule has 0 saturated heterocycles. The summed E-state index contributed by atoms with van der Waals surface area (Å²) in [6.07, 6.45) is 1.51. The molecule has 1 amide bonds. The first-order valence-electron chi connectivity index (χ1n) is 8.83. The number of hydrogen-bond acceptors (Lipinski definition) is 4. The van der Waals surface area contributed by atoms with Gasteiger partial charge in [0.15, 0.2) is 0 Å². The van der Waals surface area contributed by atoms with E-state index >= 15 is 0 Å². The van der Waals surface area contributed by atoms with Gasteiger partial charge in [0.05, 0.1) is 6.21 Å². The fourth-order valence-electron chi connectivity index (χ4n) is 3.16. The minimum absolute atomic E-state index is 0.175. The van der Waals surface area contributed by atoms with Crippen molar-refractivity contribution in [1.29, 1.82) is 0 Å². The number of benzene rings is 3. The molecule has 28 heavy (non-hydrogen) atoms. The predicted molar refractivity (Wildman–Crippen MR) is 106 cm³/mol. The number of aromatic hydroxyl groups is 1. The number of amides is 1. The first-order chi connectivity index (χ1) is 13.6. The Bertz CT molecular complexity index is 1030. The van der Waals surface area contributed by atoms with Crippen molar-refractivity contribution in [2.45, 2.75) is 13.1 Å². The molecule has 1 aliphatic rings. The first-order valence-corrected chi connectivity index (χ1v) is 8.83. The van der Waals surface area contributed by atoms with Gasteiger partial charge in [-0.3, -0.25) is 4.79 Å². The number of phenols is 1. The second-order valence-corrected chi connectivity index (χ2v) is 6.61. The largest absolute Gasteiger partial charge is 0.508 e. The Morgan fingerprint density at radius 2 is 1.71 bits per heavy atom. The minimum atomic E-state index is -0.293. The van der Waals surface area contributed by atoms with Crippen LogP contribution in [0.25, 0.3) is 0 Å². The quantitative estimate of drug-likeness (QED) is 0.538. The van der Waals surface area contributed by atoms with Gasteiger partial charge in [-0.05, 0) is 77.4 Å². The maximum absolute atomic E-state index is 13.1. The summed E-state index contributed by atoms with van der Waals surface area (Å²) in [7, 11) is 0. The van der Waals surface area contributed by atoms with Gasteiger partial charge < -0.3 is 10.0 Å². The van der Waals surface area contributed by atoms with Gasteiger partial charge in [0.25, 0.3) is 5.91 Å². The molecule has 0 bridgehead atoms. The summed E-state index contributed by atoms with van der Waals surface area (Å²) in [5, 5.41) is 13.2. The summed E-state index contributed by atoms with van der Waals surface area (Å²) in [6, 6.07) is 18.5. The van der Waals surface area contributed by atoms with Crippen LogP contribution in [0.3, 0.4) is 0 Å². The summed E-state index contributed by atoms with van der Waals surface area (Å²) in [4.78, 5) is 14.5. The standard InChI is InChI=1S/C22H18FN3O2/c23-19-5-7-20(8-6-19)26-13-17-4-3-16(11-18(17)14-26)22(28)25-24-12-15-1-9-21(27)10-2-15/h1-12,27H,13-14H2,(H,25,28)/b24-12+.